The van der Waals surface area contributed by atoms with E-state index < -0.39 is 5.97 Å². The predicted octanol–water partition coefficient (Wildman–Crippen LogP) is 1.42. The summed E-state index contributed by atoms with van der Waals surface area (Å²) >= 11 is 0. The first-order valence-corrected chi connectivity index (χ1v) is 5.87. The molecule has 2 aromatic heterocycles. The third-order valence-electron chi connectivity index (χ3n) is 2.73. The van der Waals surface area contributed by atoms with E-state index in [1.165, 1.54) is 0 Å². The molecule has 6 heteroatoms. The Morgan fingerprint density at radius 2 is 2.28 bits per heavy atom. The summed E-state index contributed by atoms with van der Waals surface area (Å²) in [7, 11) is 0. The number of rotatable bonds is 5. The van der Waals surface area contributed by atoms with Gasteiger partial charge in [0.25, 0.3) is 0 Å². The molecule has 0 bridgehead atoms. The zero-order chi connectivity index (χ0) is 13.1. The van der Waals surface area contributed by atoms with Crippen LogP contribution in [0.2, 0.25) is 0 Å². The topological polar surface area (TPSA) is 70.7 Å². The van der Waals surface area contributed by atoms with E-state index in [4.69, 9.17) is 5.11 Å². The summed E-state index contributed by atoms with van der Waals surface area (Å²) in [5.74, 6) is -0.0228. The molecule has 0 atom stereocenters. The van der Waals surface area contributed by atoms with Crippen molar-refractivity contribution in [3.63, 3.8) is 0 Å². The number of carbonyl (C=O) groups is 1. The number of fused-ring (bicyclic) bond motifs is 1. The van der Waals surface area contributed by atoms with Gasteiger partial charge in [0, 0.05) is 24.8 Å². The molecule has 0 spiro atoms. The van der Waals surface area contributed by atoms with Gasteiger partial charge in [-0.25, -0.2) is 9.50 Å². The van der Waals surface area contributed by atoms with Crippen molar-refractivity contribution >= 4 is 17.4 Å². The summed E-state index contributed by atoms with van der Waals surface area (Å²) in [4.78, 5) is 17.1. The van der Waals surface area contributed by atoms with E-state index in [1.807, 2.05) is 37.1 Å². The van der Waals surface area contributed by atoms with E-state index >= 15 is 0 Å². The lowest BCUT2D eigenvalue weighted by atomic mass is 10.3. The standard InChI is InChI=1S/C12H16N4O2/c1-9(2)15(7-5-12(17)18)10-4-8-16-11(14-10)3-6-13-16/h3-4,6,8-9H,5,7H2,1-2H3,(H,17,18). The second-order valence-electron chi connectivity index (χ2n) is 4.35. The first-order valence-electron chi connectivity index (χ1n) is 5.87. The van der Waals surface area contributed by atoms with Crippen LogP contribution in [0.5, 0.6) is 0 Å². The number of aliphatic carboxylic acids is 1. The first-order chi connectivity index (χ1) is 8.58. The summed E-state index contributed by atoms with van der Waals surface area (Å²) < 4.78 is 1.68. The molecule has 0 aromatic carbocycles. The minimum atomic E-state index is -0.800. The molecule has 2 heterocycles. The Bertz CT molecular complexity index is 550. The lowest BCUT2D eigenvalue weighted by Crippen LogP contribution is -2.33. The molecule has 0 amide bonds. The van der Waals surface area contributed by atoms with E-state index in [1.54, 1.807) is 10.7 Å². The van der Waals surface area contributed by atoms with E-state index in [0.717, 1.165) is 11.5 Å². The highest BCUT2D eigenvalue weighted by Gasteiger charge is 2.14. The van der Waals surface area contributed by atoms with Gasteiger partial charge in [0.15, 0.2) is 5.65 Å². The summed E-state index contributed by atoms with van der Waals surface area (Å²) in [5, 5.41) is 12.8. The monoisotopic (exact) mass is 248 g/mol. The SMILES string of the molecule is CC(C)N(CCC(=O)O)c1ccn2nccc2n1. The molecule has 1 N–H and O–H groups in total. The molecule has 0 unspecified atom stereocenters. The van der Waals surface area contributed by atoms with Gasteiger partial charge >= 0.3 is 5.97 Å². The summed E-state index contributed by atoms with van der Waals surface area (Å²) in [6.45, 7) is 4.48. The fourth-order valence-electron chi connectivity index (χ4n) is 1.82. The van der Waals surface area contributed by atoms with Crippen molar-refractivity contribution in [2.75, 3.05) is 11.4 Å². The zero-order valence-electron chi connectivity index (χ0n) is 10.4. The lowest BCUT2D eigenvalue weighted by Gasteiger charge is -2.27. The minimum Gasteiger partial charge on any atom is -0.481 e. The Morgan fingerprint density at radius 1 is 1.50 bits per heavy atom. The fourth-order valence-corrected chi connectivity index (χ4v) is 1.82. The quantitative estimate of drug-likeness (QED) is 0.866. The molecule has 0 saturated carbocycles. The van der Waals surface area contributed by atoms with Crippen LogP contribution in [0.15, 0.2) is 24.5 Å². The van der Waals surface area contributed by atoms with E-state index in [2.05, 4.69) is 10.1 Å². The summed E-state index contributed by atoms with van der Waals surface area (Å²) in [6.07, 6.45) is 3.61. The molecule has 0 aliphatic rings. The van der Waals surface area contributed by atoms with Crippen molar-refractivity contribution in [2.45, 2.75) is 26.3 Å². The molecule has 0 aliphatic carbocycles. The number of anilines is 1. The van der Waals surface area contributed by atoms with Crippen molar-refractivity contribution in [1.82, 2.24) is 14.6 Å². The Hall–Kier alpha value is -2.11. The molecule has 6 nitrogen and oxygen atoms in total. The normalized spacial score (nSPS) is 11.1. The van der Waals surface area contributed by atoms with Crippen LogP contribution in [0.4, 0.5) is 5.82 Å². The van der Waals surface area contributed by atoms with Crippen LogP contribution in [0.3, 0.4) is 0 Å². The number of carboxylic acid groups (broad SMARTS) is 1. The minimum absolute atomic E-state index is 0.101. The van der Waals surface area contributed by atoms with Gasteiger partial charge in [-0.3, -0.25) is 4.79 Å². The van der Waals surface area contributed by atoms with E-state index in [9.17, 15) is 4.79 Å². The van der Waals surface area contributed by atoms with E-state index in [-0.39, 0.29) is 12.5 Å². The van der Waals surface area contributed by atoms with Gasteiger partial charge in [0.2, 0.25) is 0 Å². The molecule has 0 fully saturated rings. The van der Waals surface area contributed by atoms with Crippen LogP contribution >= 0.6 is 0 Å². The molecular formula is C12H16N4O2. The van der Waals surface area contributed by atoms with Gasteiger partial charge in [0.05, 0.1) is 12.6 Å². The van der Waals surface area contributed by atoms with Crippen molar-refractivity contribution in [3.05, 3.63) is 24.5 Å². The van der Waals surface area contributed by atoms with Gasteiger partial charge in [-0.05, 0) is 19.9 Å². The van der Waals surface area contributed by atoms with Crippen LogP contribution in [0.1, 0.15) is 20.3 Å². The number of carboxylic acids is 1. The largest absolute Gasteiger partial charge is 0.481 e. The van der Waals surface area contributed by atoms with E-state index in [0.29, 0.717) is 6.54 Å². The number of hydrogen-bond acceptors (Lipinski definition) is 4. The maximum absolute atomic E-state index is 10.7. The molecule has 0 aliphatic heterocycles. The Morgan fingerprint density at radius 3 is 2.94 bits per heavy atom. The van der Waals surface area contributed by atoms with Crippen LogP contribution in [0.25, 0.3) is 5.65 Å². The third-order valence-corrected chi connectivity index (χ3v) is 2.73. The molecule has 0 radical (unpaired) electrons. The Kier molecular flexibility index (Phi) is 3.45. The summed E-state index contributed by atoms with van der Waals surface area (Å²) in [5.41, 5.74) is 0.758. The Labute approximate surface area is 105 Å². The second-order valence-corrected chi connectivity index (χ2v) is 4.35. The van der Waals surface area contributed by atoms with Crippen molar-refractivity contribution < 1.29 is 9.90 Å². The number of nitrogens with zero attached hydrogens (tertiary/aromatic N) is 4. The molecule has 2 rings (SSSR count). The highest BCUT2D eigenvalue weighted by Crippen LogP contribution is 2.15. The van der Waals surface area contributed by atoms with Crippen LogP contribution in [0, 0.1) is 0 Å². The second kappa shape index (κ2) is 5.03. The predicted molar refractivity (Wildman–Crippen MR) is 67.7 cm³/mol. The first kappa shape index (κ1) is 12.3. The molecular weight excluding hydrogens is 232 g/mol. The lowest BCUT2D eigenvalue weighted by molar-refractivity contribution is -0.136. The van der Waals surface area contributed by atoms with Gasteiger partial charge in [-0.1, -0.05) is 0 Å². The van der Waals surface area contributed by atoms with Gasteiger partial charge in [-0.2, -0.15) is 5.10 Å². The maximum atomic E-state index is 10.7. The Balaban J connectivity index is 2.25. The van der Waals surface area contributed by atoms with Crippen LogP contribution in [-0.2, 0) is 4.79 Å². The van der Waals surface area contributed by atoms with Crippen molar-refractivity contribution in [1.29, 1.82) is 0 Å². The van der Waals surface area contributed by atoms with Gasteiger partial charge < -0.3 is 10.0 Å². The smallest absolute Gasteiger partial charge is 0.305 e. The zero-order valence-corrected chi connectivity index (χ0v) is 10.4. The summed E-state index contributed by atoms with van der Waals surface area (Å²) in [6, 6.07) is 3.86. The molecule has 18 heavy (non-hydrogen) atoms. The van der Waals surface area contributed by atoms with Crippen LogP contribution in [-0.4, -0.2) is 38.3 Å². The van der Waals surface area contributed by atoms with Crippen LogP contribution < -0.4 is 4.90 Å². The third kappa shape index (κ3) is 2.58. The van der Waals surface area contributed by atoms with Gasteiger partial charge in [-0.15, -0.1) is 0 Å². The highest BCUT2D eigenvalue weighted by molar-refractivity contribution is 5.67. The number of hydrogen-bond donors (Lipinski definition) is 1. The highest BCUT2D eigenvalue weighted by atomic mass is 16.4. The van der Waals surface area contributed by atoms with Crippen molar-refractivity contribution in [3.8, 4) is 0 Å². The molecule has 0 saturated heterocycles. The van der Waals surface area contributed by atoms with Crippen molar-refractivity contribution in [2.24, 2.45) is 0 Å². The molecule has 96 valence electrons. The van der Waals surface area contributed by atoms with Gasteiger partial charge in [0.1, 0.15) is 5.82 Å². The molecule has 2 aromatic rings. The average molecular weight is 248 g/mol. The fraction of sp³-hybridized carbons (Fsp3) is 0.417. The average Bonchev–Trinajstić information content (AvgIpc) is 2.75. The maximum Gasteiger partial charge on any atom is 0.305 e. The number of aromatic nitrogens is 3.